The van der Waals surface area contributed by atoms with E-state index in [0.29, 0.717) is 11.0 Å². The van der Waals surface area contributed by atoms with Crippen LogP contribution in [-0.4, -0.2) is 26.4 Å². The number of amides is 1. The van der Waals surface area contributed by atoms with Gasteiger partial charge in [-0.1, -0.05) is 47.7 Å². The molecule has 0 unspecified atom stereocenters. The Labute approximate surface area is 175 Å². The molecular formula is C22H26N4O2S. The van der Waals surface area contributed by atoms with Crippen molar-refractivity contribution in [2.75, 3.05) is 11.1 Å². The molecule has 0 aliphatic rings. The molecule has 1 heterocycles. The number of aryl methyl sites for hydroxylation is 3. The second kappa shape index (κ2) is 9.13. The second-order valence-electron chi connectivity index (χ2n) is 7.08. The molecule has 1 aromatic heterocycles. The van der Waals surface area contributed by atoms with Crippen molar-refractivity contribution in [3.8, 4) is 5.75 Å². The van der Waals surface area contributed by atoms with Gasteiger partial charge in [0.25, 0.3) is 0 Å². The van der Waals surface area contributed by atoms with Gasteiger partial charge in [0.15, 0.2) is 17.1 Å². The summed E-state index contributed by atoms with van der Waals surface area (Å²) in [4.78, 5) is 12.5. The molecule has 0 bridgehead atoms. The molecule has 0 aliphatic heterocycles. The van der Waals surface area contributed by atoms with Crippen molar-refractivity contribution in [2.45, 2.75) is 39.0 Å². The number of hydrogen-bond acceptors (Lipinski definition) is 5. The molecule has 3 rings (SSSR count). The van der Waals surface area contributed by atoms with E-state index in [9.17, 15) is 4.79 Å². The van der Waals surface area contributed by atoms with Crippen molar-refractivity contribution in [1.29, 1.82) is 0 Å². The van der Waals surface area contributed by atoms with Gasteiger partial charge < -0.3 is 14.6 Å². The number of aromatic nitrogens is 3. The van der Waals surface area contributed by atoms with Crippen LogP contribution in [0.25, 0.3) is 0 Å². The molecule has 1 N–H and O–H groups in total. The Bertz CT molecular complexity index is 978. The van der Waals surface area contributed by atoms with Crippen molar-refractivity contribution in [2.24, 2.45) is 7.05 Å². The summed E-state index contributed by atoms with van der Waals surface area (Å²) in [6.45, 7) is 7.99. The average molecular weight is 411 g/mol. The van der Waals surface area contributed by atoms with Gasteiger partial charge in [-0.05, 0) is 51.0 Å². The number of benzene rings is 2. The number of carbonyl (C=O) groups excluding carboxylic acids is 1. The van der Waals surface area contributed by atoms with Crippen LogP contribution in [0.3, 0.4) is 0 Å². The summed E-state index contributed by atoms with van der Waals surface area (Å²) < 4.78 is 7.79. The highest BCUT2D eigenvalue weighted by atomic mass is 32.2. The van der Waals surface area contributed by atoms with Gasteiger partial charge >= 0.3 is 0 Å². The van der Waals surface area contributed by atoms with Gasteiger partial charge in [-0.2, -0.15) is 0 Å². The zero-order valence-corrected chi connectivity index (χ0v) is 18.2. The van der Waals surface area contributed by atoms with Crippen molar-refractivity contribution in [1.82, 2.24) is 14.8 Å². The molecule has 29 heavy (non-hydrogen) atoms. The minimum absolute atomic E-state index is 0.0665. The predicted molar refractivity (Wildman–Crippen MR) is 116 cm³/mol. The Morgan fingerprint density at radius 3 is 2.45 bits per heavy atom. The molecule has 0 saturated carbocycles. The van der Waals surface area contributed by atoms with Crippen LogP contribution in [-0.2, 0) is 11.8 Å². The van der Waals surface area contributed by atoms with Crippen LogP contribution in [0.15, 0.2) is 47.6 Å². The van der Waals surface area contributed by atoms with Crippen LogP contribution in [0.1, 0.15) is 35.5 Å². The number of ether oxygens (including phenoxy) is 1. The Morgan fingerprint density at radius 1 is 1.14 bits per heavy atom. The predicted octanol–water partition coefficient (Wildman–Crippen LogP) is 4.61. The maximum absolute atomic E-state index is 12.5. The van der Waals surface area contributed by atoms with Crippen LogP contribution >= 0.6 is 11.8 Å². The van der Waals surface area contributed by atoms with Crippen molar-refractivity contribution < 1.29 is 9.53 Å². The summed E-state index contributed by atoms with van der Waals surface area (Å²) in [5.74, 6) is 1.68. The summed E-state index contributed by atoms with van der Waals surface area (Å²) in [6.07, 6.45) is -0.254. The molecule has 0 spiro atoms. The van der Waals surface area contributed by atoms with Gasteiger partial charge in [-0.25, -0.2) is 0 Å². The zero-order chi connectivity index (χ0) is 21.0. The third kappa shape index (κ3) is 5.17. The molecule has 0 saturated heterocycles. The number of anilines is 1. The fraction of sp³-hybridized carbons (Fsp3) is 0.318. The minimum Gasteiger partial charge on any atom is -0.483 e. The van der Waals surface area contributed by atoms with Gasteiger partial charge in [0, 0.05) is 12.7 Å². The van der Waals surface area contributed by atoms with E-state index < -0.39 is 0 Å². The lowest BCUT2D eigenvalue weighted by Gasteiger charge is -2.14. The van der Waals surface area contributed by atoms with Crippen LogP contribution in [0, 0.1) is 20.8 Å². The van der Waals surface area contributed by atoms with Crippen molar-refractivity contribution >= 4 is 23.4 Å². The van der Waals surface area contributed by atoms with E-state index in [1.54, 1.807) is 0 Å². The van der Waals surface area contributed by atoms with Gasteiger partial charge in [0.2, 0.25) is 5.91 Å². The SMILES string of the molecule is Cc1cc(C)c(NC(=O)CSc2nnc([C@H](C)Oc3ccccc3)n2C)c(C)c1. The van der Waals surface area contributed by atoms with Crippen molar-refractivity contribution in [3.05, 3.63) is 65.0 Å². The maximum Gasteiger partial charge on any atom is 0.234 e. The second-order valence-corrected chi connectivity index (χ2v) is 8.03. The molecule has 0 fully saturated rings. The molecule has 6 nitrogen and oxygen atoms in total. The van der Waals surface area contributed by atoms with Crippen LogP contribution in [0.4, 0.5) is 5.69 Å². The largest absolute Gasteiger partial charge is 0.483 e. The van der Waals surface area contributed by atoms with Gasteiger partial charge in [-0.15, -0.1) is 10.2 Å². The number of carbonyl (C=O) groups is 1. The quantitative estimate of drug-likeness (QED) is 0.576. The zero-order valence-electron chi connectivity index (χ0n) is 17.4. The smallest absolute Gasteiger partial charge is 0.234 e. The molecule has 0 aliphatic carbocycles. The fourth-order valence-electron chi connectivity index (χ4n) is 3.24. The lowest BCUT2D eigenvalue weighted by Crippen LogP contribution is -2.16. The van der Waals surface area contributed by atoms with E-state index in [1.165, 1.54) is 17.3 Å². The van der Waals surface area contributed by atoms with Gasteiger partial charge in [-0.3, -0.25) is 4.79 Å². The summed E-state index contributed by atoms with van der Waals surface area (Å²) in [5.41, 5.74) is 4.19. The Hall–Kier alpha value is -2.80. The molecule has 1 atom stereocenters. The normalized spacial score (nSPS) is 11.9. The monoisotopic (exact) mass is 410 g/mol. The highest BCUT2D eigenvalue weighted by Crippen LogP contribution is 2.25. The summed E-state index contributed by atoms with van der Waals surface area (Å²) >= 11 is 1.36. The van der Waals surface area contributed by atoms with E-state index in [0.717, 1.165) is 22.6 Å². The highest BCUT2D eigenvalue weighted by Gasteiger charge is 2.18. The lowest BCUT2D eigenvalue weighted by atomic mass is 10.1. The molecular weight excluding hydrogens is 384 g/mol. The van der Waals surface area contributed by atoms with Crippen LogP contribution < -0.4 is 10.1 Å². The first-order valence-electron chi connectivity index (χ1n) is 9.46. The molecule has 7 heteroatoms. The summed E-state index contributed by atoms with van der Waals surface area (Å²) in [6, 6.07) is 13.7. The number of hydrogen-bond donors (Lipinski definition) is 1. The van der Waals surface area contributed by atoms with Crippen LogP contribution in [0.5, 0.6) is 5.75 Å². The Morgan fingerprint density at radius 2 is 1.79 bits per heavy atom. The summed E-state index contributed by atoms with van der Waals surface area (Å²) in [7, 11) is 1.88. The first-order chi connectivity index (χ1) is 13.8. The molecule has 1 amide bonds. The molecule has 3 aromatic rings. The van der Waals surface area contributed by atoms with Crippen LogP contribution in [0.2, 0.25) is 0 Å². The van der Waals surface area contributed by atoms with E-state index in [4.69, 9.17) is 4.74 Å². The molecule has 152 valence electrons. The third-order valence-electron chi connectivity index (χ3n) is 4.56. The highest BCUT2D eigenvalue weighted by molar-refractivity contribution is 7.99. The third-order valence-corrected chi connectivity index (χ3v) is 5.58. The number of nitrogens with zero attached hydrogens (tertiary/aromatic N) is 3. The van der Waals surface area contributed by atoms with E-state index >= 15 is 0 Å². The topological polar surface area (TPSA) is 69.0 Å². The molecule has 0 radical (unpaired) electrons. The van der Waals surface area contributed by atoms with E-state index in [-0.39, 0.29) is 17.8 Å². The first kappa shape index (κ1) is 20.9. The number of para-hydroxylation sites is 1. The maximum atomic E-state index is 12.5. The first-order valence-corrected chi connectivity index (χ1v) is 10.4. The minimum atomic E-state index is -0.254. The Kier molecular flexibility index (Phi) is 6.59. The van der Waals surface area contributed by atoms with E-state index in [1.807, 2.05) is 62.7 Å². The Balaban J connectivity index is 1.61. The number of rotatable bonds is 7. The van der Waals surface area contributed by atoms with Gasteiger partial charge in [0.05, 0.1) is 5.75 Å². The molecule has 2 aromatic carbocycles. The lowest BCUT2D eigenvalue weighted by molar-refractivity contribution is -0.113. The standard InChI is InChI=1S/C22H26N4O2S/c1-14-11-15(2)20(16(3)12-14)23-19(27)13-29-22-25-24-21(26(22)5)17(4)28-18-9-7-6-8-10-18/h6-12,17H,13H2,1-5H3,(H,23,27)/t17-/m0/s1. The average Bonchev–Trinajstić information content (AvgIpc) is 3.04. The number of thioether (sulfide) groups is 1. The van der Waals surface area contributed by atoms with Gasteiger partial charge in [0.1, 0.15) is 5.75 Å². The van der Waals surface area contributed by atoms with E-state index in [2.05, 4.69) is 34.6 Å². The fourth-order valence-corrected chi connectivity index (χ4v) is 3.96. The summed E-state index contributed by atoms with van der Waals surface area (Å²) in [5, 5.41) is 12.2. The number of nitrogens with one attached hydrogen (secondary N) is 1. The van der Waals surface area contributed by atoms with Crippen molar-refractivity contribution in [3.63, 3.8) is 0 Å².